The van der Waals surface area contributed by atoms with Crippen LogP contribution in [0.4, 0.5) is 0 Å². The molecule has 0 radical (unpaired) electrons. The second kappa shape index (κ2) is 5.49. The first-order chi connectivity index (χ1) is 8.27. The van der Waals surface area contributed by atoms with Crippen LogP contribution in [0.2, 0.25) is 0 Å². The quantitative estimate of drug-likeness (QED) is 0.699. The van der Waals surface area contributed by atoms with Crippen LogP contribution in [0, 0.1) is 6.92 Å². The third kappa shape index (κ3) is 3.07. The summed E-state index contributed by atoms with van der Waals surface area (Å²) in [7, 11) is 0. The largest absolute Gasteiger partial charge is 0.0767 e. The standard InChI is InChI=1S/C17H18/c1-14-8-6-7-11-17(14)15(2)12-13-16-9-4-3-5-10-16/h3-13,15H,1-2H3/b13-12+. The Morgan fingerprint density at radius 1 is 0.882 bits per heavy atom. The Balaban J connectivity index is 2.15. The maximum Gasteiger partial charge on any atom is -0.000449 e. The molecule has 2 aromatic carbocycles. The Bertz CT molecular complexity index is 494. The average Bonchev–Trinajstić information content (AvgIpc) is 2.38. The molecule has 0 saturated carbocycles. The van der Waals surface area contributed by atoms with Crippen LogP contribution in [0.3, 0.4) is 0 Å². The summed E-state index contributed by atoms with van der Waals surface area (Å²) >= 11 is 0. The first-order valence-electron chi connectivity index (χ1n) is 6.06. The van der Waals surface area contributed by atoms with Crippen molar-refractivity contribution in [2.75, 3.05) is 0 Å². The van der Waals surface area contributed by atoms with Crippen LogP contribution in [-0.4, -0.2) is 0 Å². The van der Waals surface area contributed by atoms with Crippen LogP contribution in [0.25, 0.3) is 6.08 Å². The number of allylic oxidation sites excluding steroid dienone is 1. The maximum atomic E-state index is 2.26. The molecule has 0 heteroatoms. The second-order valence-electron chi connectivity index (χ2n) is 4.42. The first-order valence-corrected chi connectivity index (χ1v) is 6.06. The Hall–Kier alpha value is -1.82. The maximum absolute atomic E-state index is 2.26. The molecule has 0 heterocycles. The average molecular weight is 222 g/mol. The van der Waals surface area contributed by atoms with Crippen LogP contribution in [-0.2, 0) is 0 Å². The van der Waals surface area contributed by atoms with Crippen molar-refractivity contribution in [3.8, 4) is 0 Å². The molecule has 0 aliphatic rings. The van der Waals surface area contributed by atoms with Gasteiger partial charge < -0.3 is 0 Å². The van der Waals surface area contributed by atoms with Gasteiger partial charge in [-0.2, -0.15) is 0 Å². The lowest BCUT2D eigenvalue weighted by atomic mass is 9.95. The highest BCUT2D eigenvalue weighted by Crippen LogP contribution is 2.21. The van der Waals surface area contributed by atoms with Crippen molar-refractivity contribution in [1.82, 2.24) is 0 Å². The molecule has 0 aliphatic heterocycles. The Morgan fingerprint density at radius 3 is 2.24 bits per heavy atom. The Kier molecular flexibility index (Phi) is 3.77. The van der Waals surface area contributed by atoms with Crippen LogP contribution in [0.15, 0.2) is 60.7 Å². The van der Waals surface area contributed by atoms with Gasteiger partial charge in [-0.15, -0.1) is 0 Å². The molecule has 0 aliphatic carbocycles. The van der Waals surface area contributed by atoms with Crippen molar-refractivity contribution in [3.63, 3.8) is 0 Å². The SMILES string of the molecule is Cc1ccccc1C(C)/C=C/c1ccccc1. The summed E-state index contributed by atoms with van der Waals surface area (Å²) < 4.78 is 0. The summed E-state index contributed by atoms with van der Waals surface area (Å²) in [6, 6.07) is 19.0. The summed E-state index contributed by atoms with van der Waals surface area (Å²) in [6.45, 7) is 4.41. The summed E-state index contributed by atoms with van der Waals surface area (Å²) in [5.41, 5.74) is 4.02. The van der Waals surface area contributed by atoms with Gasteiger partial charge in [0, 0.05) is 0 Å². The van der Waals surface area contributed by atoms with Gasteiger partial charge in [-0.05, 0) is 29.5 Å². The van der Waals surface area contributed by atoms with Crippen LogP contribution < -0.4 is 0 Å². The zero-order valence-corrected chi connectivity index (χ0v) is 10.4. The molecule has 0 bridgehead atoms. The summed E-state index contributed by atoms with van der Waals surface area (Å²) in [6.07, 6.45) is 4.45. The minimum Gasteiger partial charge on any atom is -0.0767 e. The highest BCUT2D eigenvalue weighted by molar-refractivity contribution is 5.50. The van der Waals surface area contributed by atoms with Gasteiger partial charge in [-0.25, -0.2) is 0 Å². The zero-order valence-electron chi connectivity index (χ0n) is 10.4. The molecule has 2 aromatic rings. The molecule has 1 atom stereocenters. The lowest BCUT2D eigenvalue weighted by Gasteiger charge is -2.10. The minimum absolute atomic E-state index is 0.455. The highest BCUT2D eigenvalue weighted by Gasteiger charge is 2.03. The zero-order chi connectivity index (χ0) is 12.1. The number of aryl methyl sites for hydroxylation is 1. The van der Waals surface area contributed by atoms with E-state index in [-0.39, 0.29) is 0 Å². The molecule has 0 saturated heterocycles. The third-order valence-electron chi connectivity index (χ3n) is 3.06. The number of benzene rings is 2. The lowest BCUT2D eigenvalue weighted by Crippen LogP contribution is -1.92. The predicted molar refractivity (Wildman–Crippen MR) is 75.1 cm³/mol. The van der Waals surface area contributed by atoms with E-state index in [2.05, 4.69) is 74.5 Å². The molecule has 2 rings (SSSR count). The molecule has 0 spiro atoms. The minimum atomic E-state index is 0.455. The van der Waals surface area contributed by atoms with Crippen LogP contribution in [0.5, 0.6) is 0 Å². The van der Waals surface area contributed by atoms with Gasteiger partial charge in [-0.3, -0.25) is 0 Å². The predicted octanol–water partition coefficient (Wildman–Crippen LogP) is 4.81. The molecule has 0 aromatic heterocycles. The van der Waals surface area contributed by atoms with Crippen molar-refractivity contribution < 1.29 is 0 Å². The van der Waals surface area contributed by atoms with Gasteiger partial charge in [0.05, 0.1) is 0 Å². The van der Waals surface area contributed by atoms with Crippen LogP contribution in [0.1, 0.15) is 29.5 Å². The Morgan fingerprint density at radius 2 is 1.53 bits per heavy atom. The van der Waals surface area contributed by atoms with E-state index in [1.165, 1.54) is 16.7 Å². The van der Waals surface area contributed by atoms with Gasteiger partial charge in [0.25, 0.3) is 0 Å². The van der Waals surface area contributed by atoms with Crippen LogP contribution >= 0.6 is 0 Å². The van der Waals surface area contributed by atoms with Gasteiger partial charge in [0.2, 0.25) is 0 Å². The summed E-state index contributed by atoms with van der Waals surface area (Å²) in [4.78, 5) is 0. The van der Waals surface area contributed by atoms with E-state index < -0.39 is 0 Å². The van der Waals surface area contributed by atoms with E-state index in [0.717, 1.165) is 0 Å². The van der Waals surface area contributed by atoms with Crippen molar-refractivity contribution in [2.24, 2.45) is 0 Å². The van der Waals surface area contributed by atoms with Gasteiger partial charge in [0.15, 0.2) is 0 Å². The molecule has 17 heavy (non-hydrogen) atoms. The van der Waals surface area contributed by atoms with E-state index in [1.807, 2.05) is 6.07 Å². The topological polar surface area (TPSA) is 0 Å². The molecule has 86 valence electrons. The number of hydrogen-bond acceptors (Lipinski definition) is 0. The van der Waals surface area contributed by atoms with Crippen molar-refractivity contribution in [3.05, 3.63) is 77.4 Å². The second-order valence-corrected chi connectivity index (χ2v) is 4.42. The third-order valence-corrected chi connectivity index (χ3v) is 3.06. The van der Waals surface area contributed by atoms with Crippen molar-refractivity contribution in [2.45, 2.75) is 19.8 Å². The van der Waals surface area contributed by atoms with Gasteiger partial charge >= 0.3 is 0 Å². The number of rotatable bonds is 3. The highest BCUT2D eigenvalue weighted by atomic mass is 14.1. The fourth-order valence-corrected chi connectivity index (χ4v) is 2.02. The fraction of sp³-hybridized carbons (Fsp3) is 0.176. The van der Waals surface area contributed by atoms with E-state index >= 15 is 0 Å². The molecular formula is C17H18. The number of hydrogen-bond donors (Lipinski definition) is 0. The lowest BCUT2D eigenvalue weighted by molar-refractivity contribution is 0.957. The van der Waals surface area contributed by atoms with Crippen molar-refractivity contribution >= 4 is 6.08 Å². The van der Waals surface area contributed by atoms with Gasteiger partial charge in [-0.1, -0.05) is 73.7 Å². The monoisotopic (exact) mass is 222 g/mol. The van der Waals surface area contributed by atoms with E-state index in [1.54, 1.807) is 0 Å². The summed E-state index contributed by atoms with van der Waals surface area (Å²) in [5.74, 6) is 0.455. The normalized spacial score (nSPS) is 12.8. The van der Waals surface area contributed by atoms with E-state index in [9.17, 15) is 0 Å². The summed E-state index contributed by atoms with van der Waals surface area (Å²) in [5, 5.41) is 0. The Labute approximate surface area is 104 Å². The van der Waals surface area contributed by atoms with E-state index in [4.69, 9.17) is 0 Å². The smallest absolute Gasteiger partial charge is 0.000449 e. The van der Waals surface area contributed by atoms with Crippen molar-refractivity contribution in [1.29, 1.82) is 0 Å². The molecule has 0 nitrogen and oxygen atoms in total. The molecular weight excluding hydrogens is 204 g/mol. The molecule has 0 N–H and O–H groups in total. The molecule has 0 amide bonds. The molecule has 0 fully saturated rings. The van der Waals surface area contributed by atoms with E-state index in [0.29, 0.717) is 5.92 Å². The fourth-order valence-electron chi connectivity index (χ4n) is 2.02. The first kappa shape index (κ1) is 11.7. The molecule has 1 unspecified atom stereocenters. The van der Waals surface area contributed by atoms with Gasteiger partial charge in [0.1, 0.15) is 0 Å².